The van der Waals surface area contributed by atoms with Gasteiger partial charge in [-0.3, -0.25) is 4.79 Å². The lowest BCUT2D eigenvalue weighted by atomic mass is 10.1. The average Bonchev–Trinajstić information content (AvgIpc) is 2.28. The number of carbonyl (C=O) groups excluding carboxylic acids is 1. The molecule has 0 aliphatic carbocycles. The Bertz CT molecular complexity index is 381. The molecule has 0 saturated heterocycles. The zero-order valence-corrected chi connectivity index (χ0v) is 11.8. The van der Waals surface area contributed by atoms with Crippen LogP contribution in [0.2, 0.25) is 0 Å². The fourth-order valence-electron chi connectivity index (χ4n) is 1.50. The van der Waals surface area contributed by atoms with Crippen molar-refractivity contribution >= 4 is 33.4 Å². The average molecular weight is 305 g/mol. The van der Waals surface area contributed by atoms with Gasteiger partial charge in [0.1, 0.15) is 0 Å². The molecule has 2 nitrogen and oxygen atoms in total. The van der Waals surface area contributed by atoms with Gasteiger partial charge in [-0.05, 0) is 31.5 Å². The highest BCUT2D eigenvalue weighted by atomic mass is 79.9. The maximum Gasteiger partial charge on any atom is 0.254 e. The van der Waals surface area contributed by atoms with Crippen LogP contribution in [0.1, 0.15) is 22.8 Å². The molecule has 0 bridgehead atoms. The Labute approximate surface area is 110 Å². The lowest BCUT2D eigenvalue weighted by Crippen LogP contribution is -2.33. The normalized spacial score (nSPS) is 10.2. The number of rotatable bonds is 4. The van der Waals surface area contributed by atoms with Crippen LogP contribution in [0.15, 0.2) is 22.7 Å². The van der Waals surface area contributed by atoms with Crippen molar-refractivity contribution in [1.82, 2.24) is 4.90 Å². The van der Waals surface area contributed by atoms with Crippen LogP contribution in [0.25, 0.3) is 0 Å². The van der Waals surface area contributed by atoms with Crippen molar-refractivity contribution in [3.63, 3.8) is 0 Å². The number of benzene rings is 1. The van der Waals surface area contributed by atoms with Gasteiger partial charge in [-0.2, -0.15) is 0 Å². The van der Waals surface area contributed by atoms with Gasteiger partial charge in [-0.15, -0.1) is 11.6 Å². The van der Waals surface area contributed by atoms with Crippen LogP contribution in [0.3, 0.4) is 0 Å². The third kappa shape index (κ3) is 3.22. The fraction of sp³-hybridized carbons (Fsp3) is 0.417. The monoisotopic (exact) mass is 303 g/mol. The Kier molecular flexibility index (Phi) is 5.29. The van der Waals surface area contributed by atoms with Crippen molar-refractivity contribution in [3.05, 3.63) is 33.8 Å². The Morgan fingerprint density at radius 1 is 1.50 bits per heavy atom. The van der Waals surface area contributed by atoms with Gasteiger partial charge in [-0.1, -0.05) is 22.0 Å². The lowest BCUT2D eigenvalue weighted by Gasteiger charge is -2.20. The summed E-state index contributed by atoms with van der Waals surface area (Å²) in [5, 5.41) is 0. The highest BCUT2D eigenvalue weighted by Gasteiger charge is 2.15. The summed E-state index contributed by atoms with van der Waals surface area (Å²) in [7, 11) is 0. The Morgan fingerprint density at radius 3 is 2.75 bits per heavy atom. The zero-order chi connectivity index (χ0) is 12.1. The van der Waals surface area contributed by atoms with Crippen molar-refractivity contribution in [2.24, 2.45) is 0 Å². The molecule has 4 heteroatoms. The second-order valence-corrected chi connectivity index (χ2v) is 4.83. The quantitative estimate of drug-likeness (QED) is 0.780. The smallest absolute Gasteiger partial charge is 0.254 e. The van der Waals surface area contributed by atoms with Gasteiger partial charge in [0.05, 0.1) is 0 Å². The van der Waals surface area contributed by atoms with Crippen molar-refractivity contribution in [3.8, 4) is 0 Å². The molecule has 88 valence electrons. The molecular formula is C12H15BrClNO. The maximum atomic E-state index is 12.2. The minimum atomic E-state index is 0.0435. The van der Waals surface area contributed by atoms with Gasteiger partial charge in [0.2, 0.25) is 0 Å². The number of nitrogens with zero attached hydrogens (tertiary/aromatic N) is 1. The van der Waals surface area contributed by atoms with Crippen LogP contribution < -0.4 is 0 Å². The molecule has 0 aliphatic rings. The molecule has 0 saturated carbocycles. The first-order valence-electron chi connectivity index (χ1n) is 5.21. The van der Waals surface area contributed by atoms with E-state index in [9.17, 15) is 4.79 Å². The minimum Gasteiger partial charge on any atom is -0.338 e. The third-order valence-corrected chi connectivity index (χ3v) is 3.12. The Hall–Kier alpha value is -0.540. The van der Waals surface area contributed by atoms with Gasteiger partial charge in [0.25, 0.3) is 5.91 Å². The van der Waals surface area contributed by atoms with E-state index in [1.165, 1.54) is 0 Å². The van der Waals surface area contributed by atoms with E-state index < -0.39 is 0 Å². The molecule has 1 rings (SSSR count). The SMILES string of the molecule is CCN(CCCl)C(=O)c1cc(Br)ccc1C. The molecule has 0 atom stereocenters. The molecule has 0 fully saturated rings. The molecule has 0 heterocycles. The summed E-state index contributed by atoms with van der Waals surface area (Å²) in [6.07, 6.45) is 0. The van der Waals surface area contributed by atoms with Gasteiger partial charge in [0, 0.05) is 29.0 Å². The first-order chi connectivity index (χ1) is 7.60. The third-order valence-electron chi connectivity index (χ3n) is 2.45. The Balaban J connectivity index is 2.98. The van der Waals surface area contributed by atoms with Gasteiger partial charge in [0.15, 0.2) is 0 Å². The van der Waals surface area contributed by atoms with E-state index in [1.807, 2.05) is 32.0 Å². The molecule has 0 unspecified atom stereocenters. The summed E-state index contributed by atoms with van der Waals surface area (Å²) in [5.41, 5.74) is 1.72. The predicted molar refractivity (Wildman–Crippen MR) is 71.2 cm³/mol. The summed E-state index contributed by atoms with van der Waals surface area (Å²) < 4.78 is 0.920. The van der Waals surface area contributed by atoms with Crippen molar-refractivity contribution < 1.29 is 4.79 Å². The topological polar surface area (TPSA) is 20.3 Å². The van der Waals surface area contributed by atoms with Gasteiger partial charge in [-0.25, -0.2) is 0 Å². The van der Waals surface area contributed by atoms with Gasteiger partial charge < -0.3 is 4.90 Å². The molecule has 1 aromatic carbocycles. The molecule has 1 amide bonds. The highest BCUT2D eigenvalue weighted by molar-refractivity contribution is 9.10. The van der Waals surface area contributed by atoms with E-state index >= 15 is 0 Å². The maximum absolute atomic E-state index is 12.2. The van der Waals surface area contributed by atoms with Gasteiger partial charge >= 0.3 is 0 Å². The molecular weight excluding hydrogens is 289 g/mol. The molecule has 0 aromatic heterocycles. The summed E-state index contributed by atoms with van der Waals surface area (Å²) >= 11 is 9.05. The Morgan fingerprint density at radius 2 is 2.19 bits per heavy atom. The van der Waals surface area contributed by atoms with Crippen LogP contribution in [0.4, 0.5) is 0 Å². The summed E-state index contributed by atoms with van der Waals surface area (Å²) in [4.78, 5) is 13.9. The molecule has 0 N–H and O–H groups in total. The molecule has 16 heavy (non-hydrogen) atoms. The fourth-order valence-corrected chi connectivity index (χ4v) is 2.07. The number of hydrogen-bond donors (Lipinski definition) is 0. The zero-order valence-electron chi connectivity index (χ0n) is 9.46. The number of amides is 1. The van der Waals surface area contributed by atoms with Crippen molar-refractivity contribution in [1.29, 1.82) is 0 Å². The molecule has 0 spiro atoms. The van der Waals surface area contributed by atoms with Crippen molar-refractivity contribution in [2.45, 2.75) is 13.8 Å². The number of aryl methyl sites for hydroxylation is 1. The number of carbonyl (C=O) groups is 1. The first-order valence-corrected chi connectivity index (χ1v) is 6.54. The number of alkyl halides is 1. The van der Waals surface area contributed by atoms with E-state index in [0.29, 0.717) is 19.0 Å². The van der Waals surface area contributed by atoms with E-state index in [4.69, 9.17) is 11.6 Å². The van der Waals surface area contributed by atoms with Crippen LogP contribution in [-0.4, -0.2) is 29.8 Å². The summed E-state index contributed by atoms with van der Waals surface area (Å²) in [5.74, 6) is 0.508. The first kappa shape index (κ1) is 13.5. The second kappa shape index (κ2) is 6.26. The molecule has 0 aliphatic heterocycles. The molecule has 1 aromatic rings. The second-order valence-electron chi connectivity index (χ2n) is 3.53. The standard InChI is InChI=1S/C12H15BrClNO/c1-3-15(7-6-14)12(16)11-8-10(13)5-4-9(11)2/h4-5,8H,3,6-7H2,1-2H3. The molecule has 0 radical (unpaired) electrons. The summed E-state index contributed by atoms with van der Waals surface area (Å²) in [6, 6.07) is 5.73. The predicted octanol–water partition coefficient (Wildman–Crippen LogP) is 3.46. The van der Waals surface area contributed by atoms with Crippen LogP contribution >= 0.6 is 27.5 Å². The van der Waals surface area contributed by atoms with Crippen LogP contribution in [0, 0.1) is 6.92 Å². The minimum absolute atomic E-state index is 0.0435. The van der Waals surface area contributed by atoms with E-state index in [1.54, 1.807) is 4.90 Å². The van der Waals surface area contributed by atoms with E-state index in [0.717, 1.165) is 15.6 Å². The van der Waals surface area contributed by atoms with Crippen LogP contribution in [-0.2, 0) is 0 Å². The van der Waals surface area contributed by atoms with Crippen LogP contribution in [0.5, 0.6) is 0 Å². The highest BCUT2D eigenvalue weighted by Crippen LogP contribution is 2.17. The van der Waals surface area contributed by atoms with E-state index in [2.05, 4.69) is 15.9 Å². The summed E-state index contributed by atoms with van der Waals surface area (Å²) in [6.45, 7) is 5.16. The lowest BCUT2D eigenvalue weighted by molar-refractivity contribution is 0.0773. The largest absolute Gasteiger partial charge is 0.338 e. The van der Waals surface area contributed by atoms with E-state index in [-0.39, 0.29) is 5.91 Å². The number of halogens is 2. The number of hydrogen-bond acceptors (Lipinski definition) is 1. The van der Waals surface area contributed by atoms with Crippen molar-refractivity contribution in [2.75, 3.05) is 19.0 Å².